The van der Waals surface area contributed by atoms with Crippen molar-refractivity contribution in [1.29, 1.82) is 0 Å². The van der Waals surface area contributed by atoms with Crippen molar-refractivity contribution < 1.29 is 9.13 Å². The molecule has 2 rings (SSSR count). The number of hydrogen-bond acceptors (Lipinski definition) is 3. The summed E-state index contributed by atoms with van der Waals surface area (Å²) in [6.45, 7) is 6.65. The SMILES string of the molecule is CC1(C)CCC(CN(CCCN)c2ccc(F)cc2)O1. The molecule has 0 amide bonds. The van der Waals surface area contributed by atoms with E-state index in [4.69, 9.17) is 10.5 Å². The molecular weight excluding hydrogens is 255 g/mol. The topological polar surface area (TPSA) is 38.5 Å². The number of nitrogens with two attached hydrogens (primary N) is 1. The maximum atomic E-state index is 13.0. The highest BCUT2D eigenvalue weighted by Gasteiger charge is 2.32. The predicted molar refractivity (Wildman–Crippen MR) is 80.5 cm³/mol. The number of anilines is 1. The minimum Gasteiger partial charge on any atom is -0.371 e. The largest absolute Gasteiger partial charge is 0.371 e. The first-order valence-corrected chi connectivity index (χ1v) is 7.38. The molecule has 0 bridgehead atoms. The van der Waals surface area contributed by atoms with Crippen molar-refractivity contribution in [3.63, 3.8) is 0 Å². The Kier molecular flexibility index (Phi) is 5.00. The van der Waals surface area contributed by atoms with Gasteiger partial charge >= 0.3 is 0 Å². The Morgan fingerprint density at radius 3 is 2.60 bits per heavy atom. The summed E-state index contributed by atoms with van der Waals surface area (Å²) in [7, 11) is 0. The Labute approximate surface area is 120 Å². The van der Waals surface area contributed by atoms with E-state index in [1.807, 2.05) is 12.1 Å². The van der Waals surface area contributed by atoms with Crippen molar-refractivity contribution in [2.75, 3.05) is 24.5 Å². The highest BCUT2D eigenvalue weighted by Crippen LogP contribution is 2.30. The summed E-state index contributed by atoms with van der Waals surface area (Å²) in [5.41, 5.74) is 6.63. The second kappa shape index (κ2) is 6.55. The lowest BCUT2D eigenvalue weighted by molar-refractivity contribution is -0.0115. The van der Waals surface area contributed by atoms with Gasteiger partial charge in [0.15, 0.2) is 0 Å². The number of nitrogens with zero attached hydrogens (tertiary/aromatic N) is 1. The molecule has 0 radical (unpaired) electrons. The van der Waals surface area contributed by atoms with Gasteiger partial charge in [-0.05, 0) is 63.9 Å². The molecule has 2 N–H and O–H groups in total. The fourth-order valence-electron chi connectivity index (χ4n) is 2.71. The molecule has 0 spiro atoms. The molecule has 1 atom stereocenters. The summed E-state index contributed by atoms with van der Waals surface area (Å²) in [6, 6.07) is 6.66. The summed E-state index contributed by atoms with van der Waals surface area (Å²) in [4.78, 5) is 2.25. The first kappa shape index (κ1) is 15.3. The molecule has 0 saturated carbocycles. The van der Waals surface area contributed by atoms with Crippen LogP contribution in [0.15, 0.2) is 24.3 Å². The van der Waals surface area contributed by atoms with Crippen LogP contribution in [0.2, 0.25) is 0 Å². The van der Waals surface area contributed by atoms with Gasteiger partial charge in [-0.3, -0.25) is 0 Å². The van der Waals surface area contributed by atoms with Crippen LogP contribution >= 0.6 is 0 Å². The van der Waals surface area contributed by atoms with Crippen molar-refractivity contribution in [2.24, 2.45) is 5.73 Å². The molecule has 1 aliphatic rings. The van der Waals surface area contributed by atoms with E-state index in [9.17, 15) is 4.39 Å². The van der Waals surface area contributed by atoms with Gasteiger partial charge in [0.05, 0.1) is 11.7 Å². The molecule has 0 aromatic heterocycles. The van der Waals surface area contributed by atoms with Gasteiger partial charge in [0.1, 0.15) is 5.82 Å². The Morgan fingerprint density at radius 2 is 2.05 bits per heavy atom. The normalized spacial score (nSPS) is 21.1. The Morgan fingerprint density at radius 1 is 1.35 bits per heavy atom. The van der Waals surface area contributed by atoms with Crippen LogP contribution in [0.3, 0.4) is 0 Å². The maximum absolute atomic E-state index is 13.0. The van der Waals surface area contributed by atoms with Gasteiger partial charge in [-0.25, -0.2) is 4.39 Å². The molecular formula is C16H25FN2O. The summed E-state index contributed by atoms with van der Waals surface area (Å²) >= 11 is 0. The highest BCUT2D eigenvalue weighted by molar-refractivity contribution is 5.46. The minimum atomic E-state index is -0.203. The molecule has 1 aromatic rings. The zero-order valence-corrected chi connectivity index (χ0v) is 12.4. The van der Waals surface area contributed by atoms with E-state index >= 15 is 0 Å². The average molecular weight is 280 g/mol. The highest BCUT2D eigenvalue weighted by atomic mass is 19.1. The number of halogens is 1. The predicted octanol–water partition coefficient (Wildman–Crippen LogP) is 2.94. The van der Waals surface area contributed by atoms with E-state index in [0.29, 0.717) is 6.54 Å². The van der Waals surface area contributed by atoms with Crippen LogP contribution in [0.1, 0.15) is 33.1 Å². The van der Waals surface area contributed by atoms with Gasteiger partial charge in [0.25, 0.3) is 0 Å². The quantitative estimate of drug-likeness (QED) is 0.870. The van der Waals surface area contributed by atoms with E-state index in [1.165, 1.54) is 12.1 Å². The van der Waals surface area contributed by atoms with Crippen LogP contribution in [0, 0.1) is 5.82 Å². The third-order valence-corrected chi connectivity index (χ3v) is 3.80. The number of rotatable bonds is 6. The number of hydrogen-bond donors (Lipinski definition) is 1. The summed E-state index contributed by atoms with van der Waals surface area (Å²) in [6.07, 6.45) is 3.33. The van der Waals surface area contributed by atoms with Crippen LogP contribution < -0.4 is 10.6 Å². The smallest absolute Gasteiger partial charge is 0.123 e. The van der Waals surface area contributed by atoms with E-state index in [1.54, 1.807) is 0 Å². The summed E-state index contributed by atoms with van der Waals surface area (Å²) < 4.78 is 19.1. The molecule has 1 saturated heterocycles. The third kappa shape index (κ3) is 4.18. The molecule has 0 aliphatic carbocycles. The fraction of sp³-hybridized carbons (Fsp3) is 0.625. The number of benzene rings is 1. The van der Waals surface area contributed by atoms with Crippen LogP contribution in [-0.2, 0) is 4.74 Å². The van der Waals surface area contributed by atoms with Gasteiger partial charge in [-0.15, -0.1) is 0 Å². The Bertz CT molecular complexity index is 419. The number of ether oxygens (including phenoxy) is 1. The van der Waals surface area contributed by atoms with Crippen LogP contribution in [0.4, 0.5) is 10.1 Å². The van der Waals surface area contributed by atoms with E-state index in [-0.39, 0.29) is 17.5 Å². The molecule has 1 aromatic carbocycles. The van der Waals surface area contributed by atoms with Gasteiger partial charge in [-0.1, -0.05) is 0 Å². The molecule has 1 unspecified atom stereocenters. The maximum Gasteiger partial charge on any atom is 0.123 e. The zero-order chi connectivity index (χ0) is 14.6. The first-order valence-electron chi connectivity index (χ1n) is 7.38. The molecule has 4 heteroatoms. The fourth-order valence-corrected chi connectivity index (χ4v) is 2.71. The van der Waals surface area contributed by atoms with Crippen LogP contribution in [-0.4, -0.2) is 31.3 Å². The third-order valence-electron chi connectivity index (χ3n) is 3.80. The van der Waals surface area contributed by atoms with Crippen LogP contribution in [0.5, 0.6) is 0 Å². The lowest BCUT2D eigenvalue weighted by atomic mass is 10.1. The molecule has 112 valence electrons. The molecule has 3 nitrogen and oxygen atoms in total. The lowest BCUT2D eigenvalue weighted by Gasteiger charge is -2.29. The zero-order valence-electron chi connectivity index (χ0n) is 12.4. The van der Waals surface area contributed by atoms with E-state index in [2.05, 4.69) is 18.7 Å². The molecule has 20 heavy (non-hydrogen) atoms. The van der Waals surface area contributed by atoms with E-state index in [0.717, 1.165) is 38.0 Å². The minimum absolute atomic E-state index is 0.0208. The van der Waals surface area contributed by atoms with Gasteiger partial charge in [0.2, 0.25) is 0 Å². The molecule has 1 fully saturated rings. The second-order valence-corrected chi connectivity index (χ2v) is 6.10. The molecule has 1 aliphatic heterocycles. The van der Waals surface area contributed by atoms with Gasteiger partial charge in [-0.2, -0.15) is 0 Å². The van der Waals surface area contributed by atoms with Gasteiger partial charge in [0, 0.05) is 18.8 Å². The van der Waals surface area contributed by atoms with Crippen molar-refractivity contribution in [3.05, 3.63) is 30.1 Å². The Balaban J connectivity index is 2.02. The van der Waals surface area contributed by atoms with Crippen LogP contribution in [0.25, 0.3) is 0 Å². The van der Waals surface area contributed by atoms with E-state index < -0.39 is 0 Å². The van der Waals surface area contributed by atoms with Crippen molar-refractivity contribution in [2.45, 2.75) is 44.8 Å². The monoisotopic (exact) mass is 280 g/mol. The standard InChI is InChI=1S/C16H25FN2O/c1-16(2)9-8-15(20-16)12-19(11-3-10-18)14-6-4-13(17)5-7-14/h4-7,15H,3,8-12,18H2,1-2H3. The van der Waals surface area contributed by atoms with Crippen molar-refractivity contribution in [1.82, 2.24) is 0 Å². The first-order chi connectivity index (χ1) is 9.50. The van der Waals surface area contributed by atoms with Crippen molar-refractivity contribution >= 4 is 5.69 Å². The Hall–Kier alpha value is -1.13. The van der Waals surface area contributed by atoms with Crippen molar-refractivity contribution in [3.8, 4) is 0 Å². The average Bonchev–Trinajstić information content (AvgIpc) is 2.75. The summed E-state index contributed by atoms with van der Waals surface area (Å²) in [5, 5.41) is 0. The summed E-state index contributed by atoms with van der Waals surface area (Å²) in [5.74, 6) is -0.203. The second-order valence-electron chi connectivity index (χ2n) is 6.10. The van der Waals surface area contributed by atoms with Gasteiger partial charge < -0.3 is 15.4 Å². The molecule has 1 heterocycles. The lowest BCUT2D eigenvalue weighted by Crippen LogP contribution is -2.35.